The molecule has 2 aromatic rings. The van der Waals surface area contributed by atoms with Crippen molar-refractivity contribution in [2.75, 3.05) is 12.0 Å². The Labute approximate surface area is 138 Å². The van der Waals surface area contributed by atoms with Gasteiger partial charge >= 0.3 is 0 Å². The van der Waals surface area contributed by atoms with Crippen LogP contribution in [0.5, 0.6) is 5.75 Å². The maximum Gasteiger partial charge on any atom is 0.203 e. The number of aromatic nitrogens is 1. The smallest absolute Gasteiger partial charge is 0.203 e. The van der Waals surface area contributed by atoms with E-state index >= 15 is 0 Å². The van der Waals surface area contributed by atoms with Crippen LogP contribution in [-0.2, 0) is 0 Å². The highest BCUT2D eigenvalue weighted by atomic mass is 32.1. The van der Waals surface area contributed by atoms with Gasteiger partial charge in [-0.1, -0.05) is 19.8 Å². The van der Waals surface area contributed by atoms with Crippen LogP contribution in [0.15, 0.2) is 22.6 Å². The van der Waals surface area contributed by atoms with E-state index in [1.807, 2.05) is 12.3 Å². The number of benzene rings is 1. The lowest BCUT2D eigenvalue weighted by molar-refractivity contribution is 0.286. The van der Waals surface area contributed by atoms with Crippen molar-refractivity contribution < 1.29 is 13.5 Å². The van der Waals surface area contributed by atoms with Crippen molar-refractivity contribution in [3.63, 3.8) is 0 Å². The summed E-state index contributed by atoms with van der Waals surface area (Å²) in [5, 5.41) is 6.50. The Kier molecular flexibility index (Phi) is 6.46. The third-order valence-corrected chi connectivity index (χ3v) is 3.88. The van der Waals surface area contributed by atoms with Gasteiger partial charge in [-0.2, -0.15) is 9.49 Å². The largest absolute Gasteiger partial charge is 0.490 e. The first-order chi connectivity index (χ1) is 11.1. The molecule has 1 aromatic heterocycles. The van der Waals surface area contributed by atoms with Crippen LogP contribution < -0.4 is 10.2 Å². The van der Waals surface area contributed by atoms with E-state index in [4.69, 9.17) is 4.74 Å². The molecule has 0 fully saturated rings. The molecular weight excluding hydrogens is 320 g/mol. The average molecular weight is 339 g/mol. The molecule has 124 valence electrons. The van der Waals surface area contributed by atoms with Gasteiger partial charge in [0.1, 0.15) is 0 Å². The van der Waals surface area contributed by atoms with Crippen molar-refractivity contribution in [1.29, 1.82) is 0 Å². The summed E-state index contributed by atoms with van der Waals surface area (Å²) in [4.78, 5) is 4.18. The Morgan fingerprint density at radius 2 is 2.17 bits per heavy atom. The van der Waals surface area contributed by atoms with E-state index in [0.717, 1.165) is 31.0 Å². The highest BCUT2D eigenvalue weighted by molar-refractivity contribution is 7.13. The number of unbranched alkanes of at least 4 members (excludes halogenated alkanes) is 2. The van der Waals surface area contributed by atoms with E-state index < -0.39 is 11.6 Å². The molecule has 0 radical (unpaired) electrons. The van der Waals surface area contributed by atoms with Gasteiger partial charge < -0.3 is 4.74 Å². The normalized spacial score (nSPS) is 11.1. The first kappa shape index (κ1) is 17.3. The SMILES string of the molecule is CCCCCOc1cc(C=NNc2nc(C)cs2)cc(F)c1F. The van der Waals surface area contributed by atoms with E-state index in [0.29, 0.717) is 17.3 Å². The molecule has 7 heteroatoms. The van der Waals surface area contributed by atoms with E-state index in [1.165, 1.54) is 23.6 Å². The molecule has 0 saturated heterocycles. The first-order valence-corrected chi connectivity index (χ1v) is 8.31. The first-order valence-electron chi connectivity index (χ1n) is 7.43. The number of ether oxygens (including phenoxy) is 1. The maximum absolute atomic E-state index is 13.7. The van der Waals surface area contributed by atoms with Gasteiger partial charge in [0, 0.05) is 10.9 Å². The zero-order valence-corrected chi connectivity index (χ0v) is 13.9. The Morgan fingerprint density at radius 1 is 1.35 bits per heavy atom. The maximum atomic E-state index is 13.7. The van der Waals surface area contributed by atoms with Crippen molar-refractivity contribution in [1.82, 2.24) is 4.98 Å². The molecule has 0 spiro atoms. The average Bonchev–Trinajstić information content (AvgIpc) is 2.93. The zero-order chi connectivity index (χ0) is 16.7. The number of thiazole rings is 1. The van der Waals surface area contributed by atoms with Crippen LogP contribution in [0.4, 0.5) is 13.9 Å². The van der Waals surface area contributed by atoms with Crippen molar-refractivity contribution in [3.8, 4) is 5.75 Å². The lowest BCUT2D eigenvalue weighted by atomic mass is 10.2. The number of halogens is 2. The molecule has 1 heterocycles. The molecule has 0 aliphatic carbocycles. The van der Waals surface area contributed by atoms with Crippen LogP contribution in [0, 0.1) is 18.6 Å². The van der Waals surface area contributed by atoms with Crippen LogP contribution in [0.2, 0.25) is 0 Å². The van der Waals surface area contributed by atoms with E-state index in [1.54, 1.807) is 0 Å². The second kappa shape index (κ2) is 8.57. The molecule has 23 heavy (non-hydrogen) atoms. The molecule has 0 unspecified atom stereocenters. The van der Waals surface area contributed by atoms with Crippen LogP contribution in [-0.4, -0.2) is 17.8 Å². The van der Waals surface area contributed by atoms with Gasteiger partial charge in [-0.05, 0) is 25.5 Å². The number of hydrogen-bond acceptors (Lipinski definition) is 5. The summed E-state index contributed by atoms with van der Waals surface area (Å²) in [7, 11) is 0. The van der Waals surface area contributed by atoms with Gasteiger partial charge in [-0.25, -0.2) is 9.37 Å². The molecule has 1 aromatic carbocycles. The van der Waals surface area contributed by atoms with E-state index in [9.17, 15) is 8.78 Å². The molecule has 0 amide bonds. The Hall–Kier alpha value is -2.02. The standard InChI is InChI=1S/C16H19F2N3OS/c1-3-4-5-6-22-14-8-12(7-13(17)15(14)18)9-19-21-16-20-11(2)10-23-16/h7-10H,3-6H2,1-2H3,(H,20,21). The van der Waals surface area contributed by atoms with E-state index in [-0.39, 0.29) is 5.75 Å². The number of hydrogen-bond donors (Lipinski definition) is 1. The van der Waals surface area contributed by atoms with E-state index in [2.05, 4.69) is 22.4 Å². The minimum absolute atomic E-state index is 0.0901. The number of aryl methyl sites for hydroxylation is 1. The molecule has 4 nitrogen and oxygen atoms in total. The van der Waals surface area contributed by atoms with Crippen LogP contribution in [0.1, 0.15) is 37.4 Å². The summed E-state index contributed by atoms with van der Waals surface area (Å²) in [6.45, 7) is 4.30. The fourth-order valence-corrected chi connectivity index (χ4v) is 2.50. The van der Waals surface area contributed by atoms with Crippen molar-refractivity contribution in [2.24, 2.45) is 5.10 Å². The van der Waals surface area contributed by atoms with Gasteiger partial charge in [-0.3, -0.25) is 5.43 Å². The third-order valence-electron chi connectivity index (χ3n) is 3.02. The number of hydrazone groups is 1. The van der Waals surface area contributed by atoms with Gasteiger partial charge in [0.25, 0.3) is 0 Å². The monoisotopic (exact) mass is 339 g/mol. The molecule has 0 saturated carbocycles. The lowest BCUT2D eigenvalue weighted by Crippen LogP contribution is -2.02. The minimum atomic E-state index is -0.970. The predicted molar refractivity (Wildman–Crippen MR) is 89.4 cm³/mol. The third kappa shape index (κ3) is 5.28. The molecule has 0 aliphatic heterocycles. The van der Waals surface area contributed by atoms with Crippen LogP contribution in [0.25, 0.3) is 0 Å². The Balaban J connectivity index is 2.02. The van der Waals surface area contributed by atoms with Crippen LogP contribution >= 0.6 is 11.3 Å². The summed E-state index contributed by atoms with van der Waals surface area (Å²) in [5.74, 6) is -2.01. The molecule has 0 bridgehead atoms. The predicted octanol–water partition coefficient (Wildman–Crippen LogP) is 4.74. The van der Waals surface area contributed by atoms with Crippen LogP contribution in [0.3, 0.4) is 0 Å². The Morgan fingerprint density at radius 3 is 2.87 bits per heavy atom. The number of nitrogens with zero attached hydrogens (tertiary/aromatic N) is 2. The number of nitrogens with one attached hydrogen (secondary N) is 1. The Bertz CT molecular complexity index is 673. The summed E-state index contributed by atoms with van der Waals surface area (Å²) in [6.07, 6.45) is 4.23. The van der Waals surface area contributed by atoms with Crippen molar-refractivity contribution in [2.45, 2.75) is 33.1 Å². The lowest BCUT2D eigenvalue weighted by Gasteiger charge is -2.08. The molecular formula is C16H19F2N3OS. The summed E-state index contributed by atoms with van der Waals surface area (Å²) >= 11 is 1.41. The topological polar surface area (TPSA) is 46.5 Å². The highest BCUT2D eigenvalue weighted by Crippen LogP contribution is 2.22. The summed E-state index contributed by atoms with van der Waals surface area (Å²) < 4.78 is 32.7. The minimum Gasteiger partial charge on any atom is -0.490 e. The van der Waals surface area contributed by atoms with Gasteiger partial charge in [0.15, 0.2) is 11.6 Å². The van der Waals surface area contributed by atoms with Gasteiger partial charge in [-0.15, -0.1) is 11.3 Å². The molecule has 0 aliphatic rings. The molecule has 2 rings (SSSR count). The van der Waals surface area contributed by atoms with Gasteiger partial charge in [0.2, 0.25) is 10.9 Å². The molecule has 1 N–H and O–H groups in total. The zero-order valence-electron chi connectivity index (χ0n) is 13.1. The molecule has 0 atom stereocenters. The fraction of sp³-hybridized carbons (Fsp3) is 0.375. The quantitative estimate of drug-likeness (QED) is 0.429. The second-order valence-electron chi connectivity index (χ2n) is 5.03. The second-order valence-corrected chi connectivity index (χ2v) is 5.89. The van der Waals surface area contributed by atoms with Crippen molar-refractivity contribution >= 4 is 22.7 Å². The van der Waals surface area contributed by atoms with Gasteiger partial charge in [0.05, 0.1) is 18.5 Å². The summed E-state index contributed by atoms with van der Waals surface area (Å²) in [6, 6.07) is 2.51. The fourth-order valence-electron chi connectivity index (χ4n) is 1.86. The number of anilines is 1. The van der Waals surface area contributed by atoms with Crippen molar-refractivity contribution in [3.05, 3.63) is 40.4 Å². The summed E-state index contributed by atoms with van der Waals surface area (Å²) in [5.41, 5.74) is 4.05. The number of rotatable bonds is 8. The highest BCUT2D eigenvalue weighted by Gasteiger charge is 2.11.